The summed E-state index contributed by atoms with van der Waals surface area (Å²) in [6, 6.07) is 7.12. The molecule has 1 aliphatic heterocycles. The number of nitrogens with zero attached hydrogens (tertiary/aromatic N) is 2. The van der Waals surface area contributed by atoms with Gasteiger partial charge in [-0.1, -0.05) is 6.58 Å². The summed E-state index contributed by atoms with van der Waals surface area (Å²) in [5, 5.41) is 9.18. The van der Waals surface area contributed by atoms with E-state index >= 15 is 0 Å². The quantitative estimate of drug-likeness (QED) is 0.306. The van der Waals surface area contributed by atoms with Crippen LogP contribution in [-0.2, 0) is 19.1 Å². The molecular formula is C20H20N2O6. The van der Waals surface area contributed by atoms with Crippen LogP contribution in [-0.4, -0.2) is 39.3 Å². The van der Waals surface area contributed by atoms with Crippen molar-refractivity contribution in [2.24, 2.45) is 0 Å². The Balaban J connectivity index is 1.99. The van der Waals surface area contributed by atoms with E-state index < -0.39 is 11.9 Å². The van der Waals surface area contributed by atoms with Gasteiger partial charge in [0.1, 0.15) is 30.6 Å². The van der Waals surface area contributed by atoms with E-state index in [1.54, 1.807) is 37.3 Å². The lowest BCUT2D eigenvalue weighted by Crippen LogP contribution is -2.15. The first-order chi connectivity index (χ1) is 13.4. The number of anilines is 1. The Labute approximate surface area is 162 Å². The monoisotopic (exact) mass is 384 g/mol. The second-order valence-corrected chi connectivity index (χ2v) is 5.74. The van der Waals surface area contributed by atoms with Crippen LogP contribution in [0.25, 0.3) is 0 Å². The smallest absolute Gasteiger partial charge is 0.349 e. The van der Waals surface area contributed by atoms with E-state index in [1.807, 2.05) is 6.07 Å². The molecule has 0 aromatic heterocycles. The van der Waals surface area contributed by atoms with E-state index in [4.69, 9.17) is 18.9 Å². The minimum Gasteiger partial charge on any atom is -0.497 e. The van der Waals surface area contributed by atoms with Crippen LogP contribution in [0.1, 0.15) is 6.92 Å². The largest absolute Gasteiger partial charge is 0.497 e. The number of fused-ring (bicyclic) bond motifs is 1. The van der Waals surface area contributed by atoms with Crippen LogP contribution in [0.4, 0.5) is 5.69 Å². The predicted molar refractivity (Wildman–Crippen MR) is 101 cm³/mol. The Morgan fingerprint density at radius 3 is 2.57 bits per heavy atom. The summed E-state index contributed by atoms with van der Waals surface area (Å²) in [7, 11) is 3.35. The Bertz CT molecular complexity index is 894. The maximum atomic E-state index is 12.0. The molecule has 1 aromatic carbocycles. The van der Waals surface area contributed by atoms with Gasteiger partial charge in [0.25, 0.3) is 0 Å². The SMILES string of the molecule is C=C(C)C(=O)OCCOC(=O)/C(C#N)=C/C=C1\Oc2ccc(OC)cc2N1C. The van der Waals surface area contributed by atoms with Crippen LogP contribution >= 0.6 is 0 Å². The van der Waals surface area contributed by atoms with Crippen molar-refractivity contribution in [3.63, 3.8) is 0 Å². The first-order valence-corrected chi connectivity index (χ1v) is 8.28. The van der Waals surface area contributed by atoms with Crippen molar-refractivity contribution in [3.8, 4) is 17.6 Å². The van der Waals surface area contributed by atoms with E-state index in [9.17, 15) is 14.9 Å². The van der Waals surface area contributed by atoms with Crippen molar-refractivity contribution in [2.45, 2.75) is 6.92 Å². The molecule has 8 heteroatoms. The molecule has 0 amide bonds. The van der Waals surface area contributed by atoms with Gasteiger partial charge in [-0.15, -0.1) is 0 Å². The van der Waals surface area contributed by atoms with E-state index in [0.29, 0.717) is 17.4 Å². The van der Waals surface area contributed by atoms with Gasteiger partial charge >= 0.3 is 11.9 Å². The van der Waals surface area contributed by atoms with Crippen molar-refractivity contribution in [2.75, 3.05) is 32.3 Å². The number of rotatable bonds is 7. The number of ether oxygens (including phenoxy) is 4. The van der Waals surface area contributed by atoms with Gasteiger partial charge in [-0.25, -0.2) is 9.59 Å². The molecule has 0 atom stereocenters. The van der Waals surface area contributed by atoms with Gasteiger partial charge in [-0.05, 0) is 25.1 Å². The molecule has 0 unspecified atom stereocenters. The average molecular weight is 384 g/mol. The number of esters is 2. The third-order valence-electron chi connectivity index (χ3n) is 3.70. The van der Waals surface area contributed by atoms with Crippen LogP contribution < -0.4 is 14.4 Å². The molecule has 1 heterocycles. The molecule has 1 aromatic rings. The molecule has 0 fully saturated rings. The molecule has 0 saturated carbocycles. The lowest BCUT2D eigenvalue weighted by Gasteiger charge is -2.11. The third kappa shape index (κ3) is 4.92. The van der Waals surface area contributed by atoms with Crippen LogP contribution in [0.2, 0.25) is 0 Å². The highest BCUT2D eigenvalue weighted by Crippen LogP contribution is 2.40. The maximum absolute atomic E-state index is 12.0. The topological polar surface area (TPSA) is 98.1 Å². The van der Waals surface area contributed by atoms with E-state index in [-0.39, 0.29) is 24.4 Å². The molecule has 0 aliphatic carbocycles. The molecule has 0 radical (unpaired) electrons. The highest BCUT2D eigenvalue weighted by Gasteiger charge is 2.23. The first kappa shape index (κ1) is 20.6. The summed E-state index contributed by atoms with van der Waals surface area (Å²) in [4.78, 5) is 25.0. The summed E-state index contributed by atoms with van der Waals surface area (Å²) in [6.45, 7) is 4.65. The van der Waals surface area contributed by atoms with E-state index in [0.717, 1.165) is 5.69 Å². The molecule has 8 nitrogen and oxygen atoms in total. The van der Waals surface area contributed by atoms with Crippen molar-refractivity contribution in [1.82, 2.24) is 0 Å². The summed E-state index contributed by atoms with van der Waals surface area (Å²) in [5.74, 6) is 0.335. The maximum Gasteiger partial charge on any atom is 0.349 e. The number of benzene rings is 1. The minimum atomic E-state index is -0.828. The molecular weight excluding hydrogens is 364 g/mol. The Kier molecular flexibility index (Phi) is 6.82. The highest BCUT2D eigenvalue weighted by molar-refractivity contribution is 5.93. The first-order valence-electron chi connectivity index (χ1n) is 8.28. The summed E-state index contributed by atoms with van der Waals surface area (Å²) in [5.41, 5.74) is 0.818. The normalized spacial score (nSPS) is 14.0. The van der Waals surface area contributed by atoms with Crippen LogP contribution in [0.3, 0.4) is 0 Å². The molecule has 0 bridgehead atoms. The molecule has 0 N–H and O–H groups in total. The zero-order valence-electron chi connectivity index (χ0n) is 15.9. The van der Waals surface area contributed by atoms with Crippen molar-refractivity contribution in [3.05, 3.63) is 54.0 Å². The predicted octanol–water partition coefficient (Wildman–Crippen LogP) is 2.48. The van der Waals surface area contributed by atoms with Crippen LogP contribution in [0, 0.1) is 11.3 Å². The number of methoxy groups -OCH3 is 1. The lowest BCUT2D eigenvalue weighted by atomic mass is 10.2. The van der Waals surface area contributed by atoms with Crippen LogP contribution in [0.5, 0.6) is 11.5 Å². The Morgan fingerprint density at radius 2 is 1.96 bits per heavy atom. The fourth-order valence-corrected chi connectivity index (χ4v) is 2.19. The zero-order chi connectivity index (χ0) is 20.7. The van der Waals surface area contributed by atoms with Gasteiger partial charge in [0.2, 0.25) is 0 Å². The molecule has 1 aliphatic rings. The molecule has 146 valence electrons. The zero-order valence-corrected chi connectivity index (χ0v) is 15.9. The number of allylic oxidation sites excluding steroid dienone is 2. The van der Waals surface area contributed by atoms with E-state index in [2.05, 4.69) is 6.58 Å². The lowest BCUT2D eigenvalue weighted by molar-refractivity contribution is -0.147. The number of carbonyl (C=O) groups excluding carboxylic acids is 2. The summed E-state index contributed by atoms with van der Waals surface area (Å²) in [6.07, 6.45) is 2.80. The van der Waals surface area contributed by atoms with Gasteiger partial charge in [0, 0.05) is 24.8 Å². The van der Waals surface area contributed by atoms with Gasteiger partial charge in [-0.3, -0.25) is 0 Å². The number of hydrogen-bond acceptors (Lipinski definition) is 8. The van der Waals surface area contributed by atoms with Crippen molar-refractivity contribution < 1.29 is 28.5 Å². The fraction of sp³-hybridized carbons (Fsp3) is 0.250. The van der Waals surface area contributed by atoms with Gasteiger partial charge in [0.05, 0.1) is 12.8 Å². The fourth-order valence-electron chi connectivity index (χ4n) is 2.19. The second-order valence-electron chi connectivity index (χ2n) is 5.74. The summed E-state index contributed by atoms with van der Waals surface area (Å²) >= 11 is 0. The summed E-state index contributed by atoms with van der Waals surface area (Å²) < 4.78 is 20.6. The number of carbonyl (C=O) groups is 2. The van der Waals surface area contributed by atoms with Crippen LogP contribution in [0.15, 0.2) is 54.0 Å². The number of hydrogen-bond donors (Lipinski definition) is 0. The van der Waals surface area contributed by atoms with Gasteiger partial charge < -0.3 is 23.8 Å². The van der Waals surface area contributed by atoms with Gasteiger partial charge in [0.15, 0.2) is 11.6 Å². The highest BCUT2D eigenvalue weighted by atomic mass is 16.6. The Morgan fingerprint density at radius 1 is 1.29 bits per heavy atom. The van der Waals surface area contributed by atoms with Crippen molar-refractivity contribution in [1.29, 1.82) is 5.26 Å². The second kappa shape index (κ2) is 9.28. The minimum absolute atomic E-state index is 0.125. The molecule has 2 rings (SSSR count). The molecule has 0 spiro atoms. The molecule has 28 heavy (non-hydrogen) atoms. The van der Waals surface area contributed by atoms with Crippen molar-refractivity contribution >= 4 is 17.6 Å². The third-order valence-corrected chi connectivity index (χ3v) is 3.70. The standard InChI is InChI=1S/C20H20N2O6/c1-13(2)19(23)26-9-10-27-20(24)14(12-21)5-8-18-22(3)16-11-15(25-4)6-7-17(16)28-18/h5-8,11H,1,9-10H2,2-4H3/b14-5+,18-8-. The van der Waals surface area contributed by atoms with E-state index in [1.165, 1.54) is 19.1 Å². The average Bonchev–Trinajstić information content (AvgIpc) is 3.00. The number of nitriles is 1. The Hall–Kier alpha value is -3.73. The molecule has 0 saturated heterocycles. The van der Waals surface area contributed by atoms with Gasteiger partial charge in [-0.2, -0.15) is 5.26 Å².